The van der Waals surface area contributed by atoms with Crippen molar-refractivity contribution in [1.82, 2.24) is 9.21 Å². The van der Waals surface area contributed by atoms with Gasteiger partial charge in [-0.2, -0.15) is 4.31 Å². The number of halogens is 1. The number of piperazine rings is 1. The van der Waals surface area contributed by atoms with Gasteiger partial charge in [0.1, 0.15) is 0 Å². The van der Waals surface area contributed by atoms with Gasteiger partial charge in [-0.1, -0.05) is 43.5 Å². The number of sulfonamides is 1. The zero-order chi connectivity index (χ0) is 19.4. The van der Waals surface area contributed by atoms with E-state index in [1.54, 1.807) is 15.3 Å². The van der Waals surface area contributed by atoms with Gasteiger partial charge in [0.2, 0.25) is 15.9 Å². The van der Waals surface area contributed by atoms with Crippen LogP contribution in [0.1, 0.15) is 32.6 Å². The van der Waals surface area contributed by atoms with Crippen molar-refractivity contribution in [3.63, 3.8) is 0 Å². The lowest BCUT2D eigenvalue weighted by atomic mass is 10.2. The fraction of sp³-hybridized carbons (Fsp3) is 0.632. The molecule has 0 radical (unpaired) electrons. The van der Waals surface area contributed by atoms with Crippen LogP contribution in [0.15, 0.2) is 24.3 Å². The van der Waals surface area contributed by atoms with Gasteiger partial charge in [-0.05, 0) is 25.0 Å². The van der Waals surface area contributed by atoms with Crippen LogP contribution in [0.4, 0.5) is 5.69 Å². The van der Waals surface area contributed by atoms with Crippen molar-refractivity contribution in [2.45, 2.75) is 38.6 Å². The van der Waals surface area contributed by atoms with Crippen molar-refractivity contribution >= 4 is 33.2 Å². The number of benzene rings is 1. The molecule has 3 rings (SSSR count). The van der Waals surface area contributed by atoms with Gasteiger partial charge in [0, 0.05) is 32.7 Å². The van der Waals surface area contributed by atoms with Gasteiger partial charge in [0.25, 0.3) is 0 Å². The molecule has 0 aromatic heterocycles. The van der Waals surface area contributed by atoms with Crippen LogP contribution in [0.3, 0.4) is 0 Å². The average Bonchev–Trinajstić information content (AvgIpc) is 3.04. The molecule has 0 spiro atoms. The highest BCUT2D eigenvalue weighted by Crippen LogP contribution is 2.30. The summed E-state index contributed by atoms with van der Waals surface area (Å²) in [6.45, 7) is 4.83. The first-order valence-corrected chi connectivity index (χ1v) is 11.7. The van der Waals surface area contributed by atoms with Crippen LogP contribution in [0.5, 0.6) is 0 Å². The molecular formula is C19H28ClN3O3S. The third kappa shape index (κ3) is 4.65. The minimum absolute atomic E-state index is 0.0577. The van der Waals surface area contributed by atoms with Crippen LogP contribution < -0.4 is 4.90 Å². The predicted octanol–water partition coefficient (Wildman–Crippen LogP) is 2.58. The molecule has 1 aromatic rings. The Morgan fingerprint density at radius 3 is 2.44 bits per heavy atom. The Bertz CT molecular complexity index is 763. The van der Waals surface area contributed by atoms with Gasteiger partial charge in [0.05, 0.1) is 22.5 Å². The summed E-state index contributed by atoms with van der Waals surface area (Å²) in [7, 11) is -3.18. The number of unbranched alkanes of at least 4 members (excludes halogenated alkanes) is 2. The lowest BCUT2D eigenvalue weighted by Gasteiger charge is -2.36. The largest absolute Gasteiger partial charge is 0.310 e. The van der Waals surface area contributed by atoms with Crippen LogP contribution in [-0.2, 0) is 14.8 Å². The van der Waals surface area contributed by atoms with E-state index < -0.39 is 10.0 Å². The second-order valence-electron chi connectivity index (χ2n) is 7.20. The molecule has 2 aliphatic heterocycles. The Morgan fingerprint density at radius 2 is 1.78 bits per heavy atom. The van der Waals surface area contributed by atoms with Crippen LogP contribution in [0.25, 0.3) is 0 Å². The summed E-state index contributed by atoms with van der Waals surface area (Å²) >= 11 is 6.24. The van der Waals surface area contributed by atoms with Crippen LogP contribution >= 0.6 is 11.6 Å². The van der Waals surface area contributed by atoms with E-state index in [-0.39, 0.29) is 17.7 Å². The van der Waals surface area contributed by atoms with Gasteiger partial charge in [-0.3, -0.25) is 9.69 Å². The Morgan fingerprint density at radius 1 is 1.07 bits per heavy atom. The standard InChI is InChI=1S/C19H28ClN3O3S/c1-2-3-6-15-27(25,26)22-13-11-21(12-14-22)18-9-10-23(19(18)24)17-8-5-4-7-16(17)20/h4-5,7-8,18H,2-3,6,9-15H2,1H3. The number of amides is 1. The van der Waals surface area contributed by atoms with Crippen molar-refractivity contribution in [2.75, 3.05) is 43.4 Å². The van der Waals surface area contributed by atoms with Crippen molar-refractivity contribution in [2.24, 2.45) is 0 Å². The first-order valence-electron chi connectivity index (χ1n) is 9.72. The molecule has 2 aliphatic rings. The number of para-hydroxylation sites is 1. The molecule has 1 aromatic carbocycles. The quantitative estimate of drug-likeness (QED) is 0.644. The van der Waals surface area contributed by atoms with E-state index in [1.807, 2.05) is 18.2 Å². The lowest BCUT2D eigenvalue weighted by molar-refractivity contribution is -0.122. The first-order chi connectivity index (χ1) is 12.9. The van der Waals surface area contributed by atoms with Crippen LogP contribution in [0.2, 0.25) is 5.02 Å². The topological polar surface area (TPSA) is 60.9 Å². The number of hydrogen-bond donors (Lipinski definition) is 0. The van der Waals surface area contributed by atoms with E-state index in [1.165, 1.54) is 0 Å². The van der Waals surface area contributed by atoms with Gasteiger partial charge in [-0.25, -0.2) is 8.42 Å². The van der Waals surface area contributed by atoms with Crippen molar-refractivity contribution in [3.8, 4) is 0 Å². The highest BCUT2D eigenvalue weighted by atomic mass is 35.5. The van der Waals surface area contributed by atoms with E-state index in [0.29, 0.717) is 44.2 Å². The first kappa shape index (κ1) is 20.6. The number of nitrogens with zero attached hydrogens (tertiary/aromatic N) is 3. The Kier molecular flexibility index (Phi) is 6.78. The highest BCUT2D eigenvalue weighted by molar-refractivity contribution is 7.89. The average molecular weight is 414 g/mol. The van der Waals surface area contributed by atoms with Gasteiger partial charge >= 0.3 is 0 Å². The predicted molar refractivity (Wildman–Crippen MR) is 109 cm³/mol. The van der Waals surface area contributed by atoms with Crippen molar-refractivity contribution in [3.05, 3.63) is 29.3 Å². The van der Waals surface area contributed by atoms with Crippen molar-refractivity contribution in [1.29, 1.82) is 0 Å². The van der Waals surface area contributed by atoms with Crippen molar-refractivity contribution < 1.29 is 13.2 Å². The third-order valence-corrected chi connectivity index (χ3v) is 7.71. The molecule has 0 aliphatic carbocycles. The molecule has 0 saturated carbocycles. The normalized spacial score (nSPS) is 22.5. The summed E-state index contributed by atoms with van der Waals surface area (Å²) in [4.78, 5) is 16.8. The Balaban J connectivity index is 1.57. The number of anilines is 1. The molecule has 27 heavy (non-hydrogen) atoms. The summed E-state index contributed by atoms with van der Waals surface area (Å²) in [5, 5.41) is 0.578. The maximum absolute atomic E-state index is 12.9. The molecule has 6 nitrogen and oxygen atoms in total. The number of hydrogen-bond acceptors (Lipinski definition) is 4. The van der Waals surface area contributed by atoms with Gasteiger partial charge in [-0.15, -0.1) is 0 Å². The molecule has 0 bridgehead atoms. The minimum atomic E-state index is -3.18. The summed E-state index contributed by atoms with van der Waals surface area (Å²) in [5.74, 6) is 0.283. The van der Waals surface area contributed by atoms with E-state index in [4.69, 9.17) is 11.6 Å². The summed E-state index contributed by atoms with van der Waals surface area (Å²) in [6, 6.07) is 7.20. The van der Waals surface area contributed by atoms with E-state index in [2.05, 4.69) is 11.8 Å². The maximum atomic E-state index is 12.9. The molecule has 150 valence electrons. The fourth-order valence-electron chi connectivity index (χ4n) is 3.87. The maximum Gasteiger partial charge on any atom is 0.244 e. The van der Waals surface area contributed by atoms with E-state index in [9.17, 15) is 13.2 Å². The number of carbonyl (C=O) groups excluding carboxylic acids is 1. The SMILES string of the molecule is CCCCCS(=O)(=O)N1CCN(C2CCN(c3ccccc3Cl)C2=O)CC1. The lowest BCUT2D eigenvalue weighted by Crippen LogP contribution is -2.54. The molecule has 1 unspecified atom stereocenters. The Hall–Kier alpha value is -1.15. The Labute approximate surface area is 167 Å². The molecule has 0 N–H and O–H groups in total. The molecule has 2 heterocycles. The molecule has 2 fully saturated rings. The summed E-state index contributed by atoms with van der Waals surface area (Å²) in [6.07, 6.45) is 3.41. The second-order valence-corrected chi connectivity index (χ2v) is 9.70. The molecule has 2 saturated heterocycles. The van der Waals surface area contributed by atoms with Gasteiger partial charge in [0.15, 0.2) is 0 Å². The molecule has 8 heteroatoms. The van der Waals surface area contributed by atoms with E-state index in [0.717, 1.165) is 24.9 Å². The monoisotopic (exact) mass is 413 g/mol. The fourth-order valence-corrected chi connectivity index (χ4v) is 5.65. The van der Waals surface area contributed by atoms with Gasteiger partial charge < -0.3 is 4.90 Å². The molecule has 1 atom stereocenters. The summed E-state index contributed by atoms with van der Waals surface area (Å²) < 4.78 is 26.5. The summed E-state index contributed by atoms with van der Waals surface area (Å²) in [5.41, 5.74) is 0.754. The zero-order valence-electron chi connectivity index (χ0n) is 15.8. The zero-order valence-corrected chi connectivity index (χ0v) is 17.4. The van der Waals surface area contributed by atoms with Crippen LogP contribution in [0, 0.1) is 0 Å². The van der Waals surface area contributed by atoms with Crippen LogP contribution in [-0.4, -0.2) is 68.0 Å². The third-order valence-electron chi connectivity index (χ3n) is 5.43. The molecular weight excluding hydrogens is 386 g/mol. The smallest absolute Gasteiger partial charge is 0.244 e. The number of carbonyl (C=O) groups is 1. The number of rotatable bonds is 7. The molecule has 1 amide bonds. The van der Waals surface area contributed by atoms with E-state index >= 15 is 0 Å². The highest BCUT2D eigenvalue weighted by Gasteiger charge is 2.39. The second kappa shape index (κ2) is 8.90. The minimum Gasteiger partial charge on any atom is -0.310 e.